The van der Waals surface area contributed by atoms with Gasteiger partial charge in [0.1, 0.15) is 23.3 Å². The van der Waals surface area contributed by atoms with E-state index in [-0.39, 0.29) is 22.5 Å². The molecule has 11 heteroatoms. The number of rotatable bonds is 3. The molecular formula is C24H20ClF3N4O2S. The van der Waals surface area contributed by atoms with E-state index in [1.807, 2.05) is 11.8 Å². The molecule has 2 aromatic carbocycles. The highest BCUT2D eigenvalue weighted by Crippen LogP contribution is 2.47. The van der Waals surface area contributed by atoms with Crippen molar-refractivity contribution in [3.8, 4) is 11.1 Å². The molecule has 6 nitrogen and oxygen atoms in total. The second kappa shape index (κ2) is 8.91. The van der Waals surface area contributed by atoms with E-state index in [1.54, 1.807) is 11.0 Å². The number of halogens is 4. The Hall–Kier alpha value is -2.98. The second-order valence-electron chi connectivity index (χ2n) is 8.45. The van der Waals surface area contributed by atoms with Crippen LogP contribution >= 0.6 is 23.4 Å². The molecule has 0 saturated carbocycles. The zero-order valence-electron chi connectivity index (χ0n) is 18.7. The van der Waals surface area contributed by atoms with Crippen LogP contribution in [0.25, 0.3) is 22.0 Å². The van der Waals surface area contributed by atoms with Crippen LogP contribution in [0.1, 0.15) is 6.92 Å². The molecule has 0 N–H and O–H groups in total. The van der Waals surface area contributed by atoms with E-state index in [1.165, 1.54) is 22.4 Å². The molecule has 2 aliphatic rings. The fraction of sp³-hybridized carbons (Fsp3) is 0.292. The summed E-state index contributed by atoms with van der Waals surface area (Å²) in [5.41, 5.74) is -0.363. The molecule has 182 valence electrons. The van der Waals surface area contributed by atoms with Crippen LogP contribution in [0.5, 0.6) is 0 Å². The first kappa shape index (κ1) is 23.7. The fourth-order valence-electron chi connectivity index (χ4n) is 4.78. The van der Waals surface area contributed by atoms with Gasteiger partial charge < -0.3 is 9.80 Å². The summed E-state index contributed by atoms with van der Waals surface area (Å²) < 4.78 is 44.6. The SMILES string of the molecule is C=CC(=O)N1CCN(c2nc(=O)n3c4c(c(-c5c(F)cc(F)cc5F)c(Cl)cc24)SCC3)[C@@H](C)C1. The molecule has 35 heavy (non-hydrogen) atoms. The van der Waals surface area contributed by atoms with Gasteiger partial charge in [-0.15, -0.1) is 11.8 Å². The van der Waals surface area contributed by atoms with E-state index < -0.39 is 28.7 Å². The van der Waals surface area contributed by atoms with E-state index in [4.69, 9.17) is 11.6 Å². The van der Waals surface area contributed by atoms with Crippen molar-refractivity contribution in [1.82, 2.24) is 14.5 Å². The molecule has 1 saturated heterocycles. The Morgan fingerprint density at radius 1 is 1.17 bits per heavy atom. The number of anilines is 1. The molecule has 0 spiro atoms. The third kappa shape index (κ3) is 3.88. The standard InChI is InChI=1S/C24H20ClF3N4O2S/c1-3-18(33)30-4-5-31(12(2)11-30)23-14-10-15(25)19(20-16(27)8-13(26)9-17(20)28)22-21(14)32(6-7-35-22)24(34)29-23/h3,8-10,12H,1,4-7,11H2,2H3/t12-/m0/s1. The summed E-state index contributed by atoms with van der Waals surface area (Å²) in [5, 5.41) is 0.631. The summed E-state index contributed by atoms with van der Waals surface area (Å²) in [6.07, 6.45) is 1.27. The lowest BCUT2D eigenvalue weighted by Crippen LogP contribution is -2.54. The van der Waals surface area contributed by atoms with Crippen LogP contribution in [0.4, 0.5) is 19.0 Å². The molecule has 0 aliphatic carbocycles. The van der Waals surface area contributed by atoms with Gasteiger partial charge in [0.2, 0.25) is 5.91 Å². The van der Waals surface area contributed by atoms with Crippen molar-refractivity contribution in [2.75, 3.05) is 30.3 Å². The first-order valence-corrected chi connectivity index (χ1v) is 12.3. The molecule has 0 bridgehead atoms. The molecule has 1 aromatic heterocycles. The maximum absolute atomic E-state index is 14.8. The first-order chi connectivity index (χ1) is 16.7. The van der Waals surface area contributed by atoms with Crippen molar-refractivity contribution in [3.05, 3.63) is 63.8 Å². The summed E-state index contributed by atoms with van der Waals surface area (Å²) in [5.74, 6) is -2.49. The van der Waals surface area contributed by atoms with Gasteiger partial charge in [-0.2, -0.15) is 4.98 Å². The van der Waals surface area contributed by atoms with Crippen LogP contribution in [0.3, 0.4) is 0 Å². The smallest absolute Gasteiger partial charge is 0.350 e. The van der Waals surface area contributed by atoms with Gasteiger partial charge in [-0.05, 0) is 19.1 Å². The molecule has 1 amide bonds. The van der Waals surface area contributed by atoms with Crippen LogP contribution in [-0.2, 0) is 11.3 Å². The number of aryl methyl sites for hydroxylation is 1. The number of hydrogen-bond donors (Lipinski definition) is 0. The Labute approximate surface area is 208 Å². The largest absolute Gasteiger partial charge is 0.350 e. The number of carbonyl (C=O) groups is 1. The summed E-state index contributed by atoms with van der Waals surface area (Å²) in [7, 11) is 0. The van der Waals surface area contributed by atoms with Crippen LogP contribution in [0, 0.1) is 17.5 Å². The fourth-order valence-corrected chi connectivity index (χ4v) is 6.33. The topological polar surface area (TPSA) is 58.4 Å². The molecule has 3 heterocycles. The Morgan fingerprint density at radius 2 is 1.89 bits per heavy atom. The van der Waals surface area contributed by atoms with Crippen molar-refractivity contribution < 1.29 is 18.0 Å². The van der Waals surface area contributed by atoms with Gasteiger partial charge in [0.25, 0.3) is 0 Å². The van der Waals surface area contributed by atoms with Crippen molar-refractivity contribution in [2.45, 2.75) is 24.4 Å². The number of amides is 1. The number of piperazine rings is 1. The third-order valence-electron chi connectivity index (χ3n) is 6.35. The van der Waals surface area contributed by atoms with E-state index in [2.05, 4.69) is 11.6 Å². The predicted molar refractivity (Wildman–Crippen MR) is 131 cm³/mol. The van der Waals surface area contributed by atoms with Crippen molar-refractivity contribution in [3.63, 3.8) is 0 Å². The van der Waals surface area contributed by atoms with Crippen LogP contribution in [-0.4, -0.2) is 51.8 Å². The zero-order chi connectivity index (χ0) is 25.0. The Morgan fingerprint density at radius 3 is 2.54 bits per heavy atom. The highest BCUT2D eigenvalue weighted by atomic mass is 35.5. The second-order valence-corrected chi connectivity index (χ2v) is 9.96. The average molecular weight is 521 g/mol. The normalized spacial score (nSPS) is 17.7. The lowest BCUT2D eigenvalue weighted by molar-refractivity contribution is -0.126. The highest BCUT2D eigenvalue weighted by Gasteiger charge is 2.32. The average Bonchev–Trinajstić information content (AvgIpc) is 2.81. The minimum Gasteiger partial charge on any atom is -0.350 e. The molecule has 1 atom stereocenters. The molecule has 3 aromatic rings. The number of aromatic nitrogens is 2. The van der Waals surface area contributed by atoms with E-state index in [9.17, 15) is 22.8 Å². The van der Waals surface area contributed by atoms with Crippen LogP contribution in [0.15, 0.2) is 40.5 Å². The van der Waals surface area contributed by atoms with Crippen molar-refractivity contribution in [1.29, 1.82) is 0 Å². The van der Waals surface area contributed by atoms with E-state index in [0.717, 1.165) is 0 Å². The molecule has 2 aliphatic heterocycles. The molecule has 0 unspecified atom stereocenters. The summed E-state index contributed by atoms with van der Waals surface area (Å²) in [6, 6.07) is 2.60. The maximum Gasteiger partial charge on any atom is 0.350 e. The zero-order valence-corrected chi connectivity index (χ0v) is 20.2. The van der Waals surface area contributed by atoms with Gasteiger partial charge in [-0.1, -0.05) is 18.2 Å². The van der Waals surface area contributed by atoms with Crippen molar-refractivity contribution in [2.24, 2.45) is 0 Å². The predicted octanol–water partition coefficient (Wildman–Crippen LogP) is 4.46. The number of benzene rings is 2. The molecular weight excluding hydrogens is 501 g/mol. The summed E-state index contributed by atoms with van der Waals surface area (Å²) in [4.78, 5) is 33.5. The van der Waals surface area contributed by atoms with E-state index in [0.29, 0.717) is 65.7 Å². The quantitative estimate of drug-likeness (QED) is 0.477. The monoisotopic (exact) mass is 520 g/mol. The van der Waals surface area contributed by atoms with Gasteiger partial charge in [-0.25, -0.2) is 18.0 Å². The van der Waals surface area contributed by atoms with E-state index >= 15 is 0 Å². The first-order valence-electron chi connectivity index (χ1n) is 10.9. The lowest BCUT2D eigenvalue weighted by Gasteiger charge is -2.40. The molecule has 5 rings (SSSR count). The highest BCUT2D eigenvalue weighted by molar-refractivity contribution is 7.99. The minimum absolute atomic E-state index is 0.0627. The molecule has 1 fully saturated rings. The number of carbonyl (C=O) groups excluding carboxylic acids is 1. The Balaban J connectivity index is 1.73. The van der Waals surface area contributed by atoms with Crippen molar-refractivity contribution >= 4 is 46.0 Å². The van der Waals surface area contributed by atoms with Gasteiger partial charge in [0.05, 0.1) is 16.1 Å². The van der Waals surface area contributed by atoms with Gasteiger partial charge in [-0.3, -0.25) is 9.36 Å². The Bertz CT molecular complexity index is 1440. The number of thioether (sulfide) groups is 1. The van der Waals surface area contributed by atoms with Gasteiger partial charge in [0, 0.05) is 66.0 Å². The minimum atomic E-state index is -1.08. The third-order valence-corrected chi connectivity index (χ3v) is 7.73. The summed E-state index contributed by atoms with van der Waals surface area (Å²) in [6.45, 7) is 7.08. The maximum atomic E-state index is 14.8. The lowest BCUT2D eigenvalue weighted by atomic mass is 10.0. The van der Waals surface area contributed by atoms with Crippen LogP contribution < -0.4 is 10.6 Å². The number of nitrogens with zero attached hydrogens (tertiary/aromatic N) is 4. The summed E-state index contributed by atoms with van der Waals surface area (Å²) >= 11 is 7.94. The Kier molecular flexibility index (Phi) is 6.04. The van der Waals surface area contributed by atoms with Gasteiger partial charge in [0.15, 0.2) is 0 Å². The van der Waals surface area contributed by atoms with Gasteiger partial charge >= 0.3 is 5.69 Å². The van der Waals surface area contributed by atoms with Crippen LogP contribution in [0.2, 0.25) is 5.02 Å². The molecule has 0 radical (unpaired) electrons. The number of hydrogen-bond acceptors (Lipinski definition) is 5.